The molecule has 244 valence electrons. The SMILES string of the molecule is CC(C)(C)OC(=O)N(CCCCNCCNc1nc2cc(C(N)=O)ccc2c2cnccc12)Cc1ccc(-c2cncnc2)c(Cl)c1. The van der Waals surface area contributed by atoms with E-state index in [-0.39, 0.29) is 6.09 Å². The molecular weight excluding hydrogens is 616 g/mol. The molecule has 3 aromatic heterocycles. The maximum absolute atomic E-state index is 13.1. The summed E-state index contributed by atoms with van der Waals surface area (Å²) in [6.45, 7) is 8.62. The number of hydrogen-bond acceptors (Lipinski definition) is 9. The second-order valence-electron chi connectivity index (χ2n) is 12.2. The van der Waals surface area contributed by atoms with Crippen LogP contribution in [0.2, 0.25) is 5.02 Å². The molecule has 0 atom stereocenters. The molecule has 0 aliphatic carbocycles. The first-order chi connectivity index (χ1) is 22.6. The van der Waals surface area contributed by atoms with E-state index in [4.69, 9.17) is 27.1 Å². The Labute approximate surface area is 278 Å². The Morgan fingerprint density at radius 3 is 2.47 bits per heavy atom. The van der Waals surface area contributed by atoms with Gasteiger partial charge in [-0.15, -0.1) is 0 Å². The summed E-state index contributed by atoms with van der Waals surface area (Å²) >= 11 is 6.60. The molecule has 2 amide bonds. The van der Waals surface area contributed by atoms with Gasteiger partial charge in [0.05, 0.1) is 5.52 Å². The van der Waals surface area contributed by atoms with Crippen LogP contribution in [0.1, 0.15) is 49.5 Å². The predicted octanol–water partition coefficient (Wildman–Crippen LogP) is 6.21. The van der Waals surface area contributed by atoms with Crippen LogP contribution in [-0.4, -0.2) is 68.6 Å². The predicted molar refractivity (Wildman–Crippen MR) is 185 cm³/mol. The largest absolute Gasteiger partial charge is 0.444 e. The van der Waals surface area contributed by atoms with Crippen molar-refractivity contribution in [3.05, 3.63) is 89.7 Å². The van der Waals surface area contributed by atoms with Crippen molar-refractivity contribution in [2.24, 2.45) is 5.73 Å². The third-order valence-corrected chi connectivity index (χ3v) is 7.75. The molecule has 11 nitrogen and oxygen atoms in total. The van der Waals surface area contributed by atoms with E-state index in [0.29, 0.717) is 42.3 Å². The summed E-state index contributed by atoms with van der Waals surface area (Å²) in [5.74, 6) is 0.224. The molecule has 47 heavy (non-hydrogen) atoms. The van der Waals surface area contributed by atoms with E-state index in [1.54, 1.807) is 41.8 Å². The zero-order valence-corrected chi connectivity index (χ0v) is 27.6. The lowest BCUT2D eigenvalue weighted by Crippen LogP contribution is -2.37. The van der Waals surface area contributed by atoms with E-state index in [0.717, 1.165) is 58.1 Å². The molecule has 4 N–H and O–H groups in total. The zero-order chi connectivity index (χ0) is 33.4. The smallest absolute Gasteiger partial charge is 0.410 e. The number of carbonyl (C=O) groups excluding carboxylic acids is 2. The first kappa shape index (κ1) is 33.5. The van der Waals surface area contributed by atoms with Crippen LogP contribution >= 0.6 is 11.6 Å². The number of nitrogens with two attached hydrogens (primary N) is 1. The molecule has 3 heterocycles. The van der Waals surface area contributed by atoms with E-state index in [2.05, 4.69) is 25.6 Å². The molecule has 0 aliphatic rings. The second-order valence-corrected chi connectivity index (χ2v) is 12.6. The molecule has 0 saturated heterocycles. The van der Waals surface area contributed by atoms with Crippen molar-refractivity contribution in [2.75, 3.05) is 31.5 Å². The highest BCUT2D eigenvalue weighted by Crippen LogP contribution is 2.30. The third kappa shape index (κ3) is 8.90. The van der Waals surface area contributed by atoms with Gasteiger partial charge in [0, 0.05) is 88.8 Å². The molecular formula is C35H39ClN8O3. The number of unbranched alkanes of at least 4 members (excludes halogenated alkanes) is 1. The summed E-state index contributed by atoms with van der Waals surface area (Å²) in [6.07, 6.45) is 9.74. The zero-order valence-electron chi connectivity index (χ0n) is 26.8. The molecule has 5 aromatic rings. The first-order valence-electron chi connectivity index (χ1n) is 15.5. The molecule has 5 rings (SSSR count). The van der Waals surface area contributed by atoms with Gasteiger partial charge >= 0.3 is 6.09 Å². The van der Waals surface area contributed by atoms with Crippen LogP contribution < -0.4 is 16.4 Å². The molecule has 2 aromatic carbocycles. The van der Waals surface area contributed by atoms with Crippen molar-refractivity contribution in [1.29, 1.82) is 0 Å². The number of nitrogens with one attached hydrogen (secondary N) is 2. The van der Waals surface area contributed by atoms with Gasteiger partial charge in [0.2, 0.25) is 5.91 Å². The number of rotatable bonds is 13. The minimum absolute atomic E-state index is 0.362. The number of carbonyl (C=O) groups is 2. The van der Waals surface area contributed by atoms with Crippen molar-refractivity contribution in [3.8, 4) is 11.1 Å². The summed E-state index contributed by atoms with van der Waals surface area (Å²) in [4.78, 5) is 43.7. The average molecular weight is 655 g/mol. The van der Waals surface area contributed by atoms with E-state index >= 15 is 0 Å². The van der Waals surface area contributed by atoms with Gasteiger partial charge in [0.15, 0.2) is 0 Å². The van der Waals surface area contributed by atoms with Crippen LogP contribution in [0.5, 0.6) is 0 Å². The van der Waals surface area contributed by atoms with Crippen LogP contribution in [0.3, 0.4) is 0 Å². The number of nitrogens with zero attached hydrogens (tertiary/aromatic N) is 5. The van der Waals surface area contributed by atoms with Gasteiger partial charge in [-0.1, -0.05) is 29.8 Å². The number of hydrogen-bond donors (Lipinski definition) is 3. The summed E-state index contributed by atoms with van der Waals surface area (Å²) in [5.41, 5.74) is 8.53. The van der Waals surface area contributed by atoms with Crippen molar-refractivity contribution in [2.45, 2.75) is 45.8 Å². The highest BCUT2D eigenvalue weighted by molar-refractivity contribution is 6.33. The second kappa shape index (κ2) is 15.1. The number of amides is 2. The number of ether oxygens (including phenoxy) is 1. The maximum atomic E-state index is 13.1. The molecule has 0 aliphatic heterocycles. The monoisotopic (exact) mass is 654 g/mol. The number of primary amides is 1. The molecule has 0 saturated carbocycles. The minimum Gasteiger partial charge on any atom is -0.444 e. The van der Waals surface area contributed by atoms with Gasteiger partial charge in [0.1, 0.15) is 17.7 Å². The van der Waals surface area contributed by atoms with E-state index in [1.807, 2.05) is 51.1 Å². The van der Waals surface area contributed by atoms with Gasteiger partial charge in [-0.05, 0) is 70.0 Å². The Morgan fingerprint density at radius 2 is 1.72 bits per heavy atom. The molecule has 0 bridgehead atoms. The van der Waals surface area contributed by atoms with Gasteiger partial charge in [-0.25, -0.2) is 19.7 Å². The summed E-state index contributed by atoms with van der Waals surface area (Å²) in [7, 11) is 0. The molecule has 0 fully saturated rings. The van der Waals surface area contributed by atoms with Gasteiger partial charge in [-0.2, -0.15) is 0 Å². The van der Waals surface area contributed by atoms with Gasteiger partial charge in [0.25, 0.3) is 0 Å². The lowest BCUT2D eigenvalue weighted by molar-refractivity contribution is 0.0230. The number of anilines is 1. The van der Waals surface area contributed by atoms with Crippen molar-refractivity contribution < 1.29 is 14.3 Å². The van der Waals surface area contributed by atoms with Crippen LogP contribution in [0, 0.1) is 0 Å². The van der Waals surface area contributed by atoms with E-state index in [9.17, 15) is 9.59 Å². The number of aromatic nitrogens is 4. The topological polar surface area (TPSA) is 148 Å². The first-order valence-corrected chi connectivity index (χ1v) is 15.9. The minimum atomic E-state index is -0.607. The van der Waals surface area contributed by atoms with Crippen LogP contribution in [0.25, 0.3) is 32.8 Å². The fourth-order valence-corrected chi connectivity index (χ4v) is 5.51. The fourth-order valence-electron chi connectivity index (χ4n) is 5.19. The number of fused-ring (bicyclic) bond motifs is 3. The Morgan fingerprint density at radius 1 is 0.915 bits per heavy atom. The highest BCUT2D eigenvalue weighted by Gasteiger charge is 2.22. The number of pyridine rings is 2. The average Bonchev–Trinajstić information content (AvgIpc) is 3.04. The Hall–Kier alpha value is -4.87. The Bertz CT molecular complexity index is 1860. The lowest BCUT2D eigenvalue weighted by Gasteiger charge is -2.27. The van der Waals surface area contributed by atoms with Crippen LogP contribution in [-0.2, 0) is 11.3 Å². The summed E-state index contributed by atoms with van der Waals surface area (Å²) in [5, 5.41) is 10.2. The normalized spacial score (nSPS) is 11.5. The summed E-state index contributed by atoms with van der Waals surface area (Å²) < 4.78 is 5.70. The highest BCUT2D eigenvalue weighted by atomic mass is 35.5. The maximum Gasteiger partial charge on any atom is 0.410 e. The van der Waals surface area contributed by atoms with Gasteiger partial charge < -0.3 is 26.0 Å². The Balaban J connectivity index is 1.13. The number of benzene rings is 2. The van der Waals surface area contributed by atoms with Gasteiger partial charge in [-0.3, -0.25) is 9.78 Å². The molecule has 0 unspecified atom stereocenters. The Kier molecular flexibility index (Phi) is 10.8. The molecule has 0 spiro atoms. The van der Waals surface area contributed by atoms with E-state index < -0.39 is 11.5 Å². The van der Waals surface area contributed by atoms with Crippen molar-refractivity contribution in [1.82, 2.24) is 30.2 Å². The lowest BCUT2D eigenvalue weighted by atomic mass is 10.1. The van der Waals surface area contributed by atoms with Crippen molar-refractivity contribution in [3.63, 3.8) is 0 Å². The molecule has 0 radical (unpaired) electrons. The fraction of sp³-hybridized carbons (Fsp3) is 0.314. The summed E-state index contributed by atoms with van der Waals surface area (Å²) in [6, 6.07) is 12.9. The molecule has 12 heteroatoms. The van der Waals surface area contributed by atoms with Crippen LogP contribution in [0.15, 0.2) is 73.6 Å². The van der Waals surface area contributed by atoms with E-state index in [1.165, 1.54) is 6.33 Å². The quantitative estimate of drug-likeness (QED) is 0.0995. The standard InChI is InChI=1S/C35H39ClN8O3/c1-35(2,3)47-34(46)44(21-23-6-8-26(30(36)16-23)25-18-40-22-41-19-25)15-5-4-11-38-13-14-42-33-28-10-12-39-20-29(28)27-9-7-24(32(37)45)17-31(27)43-33/h6-10,12,16-20,22,38H,4-5,11,13-15,21H2,1-3H3,(H2,37,45)(H,42,43). The van der Waals surface area contributed by atoms with Crippen LogP contribution in [0.4, 0.5) is 10.6 Å². The number of halogens is 1. The third-order valence-electron chi connectivity index (χ3n) is 7.44. The van der Waals surface area contributed by atoms with Crippen molar-refractivity contribution >= 4 is 51.1 Å².